The van der Waals surface area contributed by atoms with Crippen LogP contribution in [0.15, 0.2) is 48.9 Å². The standard InChI is InChI=1S/C21H17ClF3N7O2/c1-11(34-2)13-5-3-4-6-15(13)31-18(21(23,24)25)16(19(26)33)17(30-31)12-9-14(22)20(27-10-12)32-28-7-8-29-32/h3-11H,1-2H3,(H2,26,33). The molecule has 1 unspecified atom stereocenters. The van der Waals surface area contributed by atoms with Crippen molar-refractivity contribution in [2.24, 2.45) is 5.73 Å². The third-order valence-electron chi connectivity index (χ3n) is 5.06. The summed E-state index contributed by atoms with van der Waals surface area (Å²) in [5.74, 6) is -1.16. The SMILES string of the molecule is COC(C)c1ccccc1-n1nc(-c2cnc(-n3nccn3)c(Cl)c2)c(C(N)=O)c1C(F)(F)F. The Labute approximate surface area is 195 Å². The fourth-order valence-electron chi connectivity index (χ4n) is 3.47. The third kappa shape index (κ3) is 4.13. The molecule has 4 rings (SSSR count). The highest BCUT2D eigenvalue weighted by atomic mass is 35.5. The molecule has 9 nitrogen and oxygen atoms in total. The van der Waals surface area contributed by atoms with E-state index in [1.807, 2.05) is 0 Å². The molecule has 0 radical (unpaired) electrons. The van der Waals surface area contributed by atoms with Crippen LogP contribution >= 0.6 is 11.6 Å². The number of aromatic nitrogens is 6. The van der Waals surface area contributed by atoms with Gasteiger partial charge < -0.3 is 10.5 Å². The molecule has 13 heteroatoms. The van der Waals surface area contributed by atoms with Crippen LogP contribution < -0.4 is 5.73 Å². The second-order valence-corrected chi connectivity index (χ2v) is 7.54. The molecule has 0 fully saturated rings. The van der Waals surface area contributed by atoms with Crippen molar-refractivity contribution < 1.29 is 22.7 Å². The van der Waals surface area contributed by atoms with Crippen LogP contribution in [0.2, 0.25) is 5.02 Å². The number of nitrogens with two attached hydrogens (primary N) is 1. The lowest BCUT2D eigenvalue weighted by Gasteiger charge is -2.18. The van der Waals surface area contributed by atoms with E-state index in [1.54, 1.807) is 25.1 Å². The minimum atomic E-state index is -4.96. The minimum absolute atomic E-state index is 0.0284. The summed E-state index contributed by atoms with van der Waals surface area (Å²) in [6.45, 7) is 1.68. The van der Waals surface area contributed by atoms with Crippen LogP contribution in [0.5, 0.6) is 0 Å². The number of nitrogens with zero attached hydrogens (tertiary/aromatic N) is 6. The van der Waals surface area contributed by atoms with Crippen molar-refractivity contribution in [3.8, 4) is 22.8 Å². The minimum Gasteiger partial charge on any atom is -0.377 e. The van der Waals surface area contributed by atoms with Gasteiger partial charge in [-0.2, -0.15) is 28.5 Å². The van der Waals surface area contributed by atoms with Crippen molar-refractivity contribution in [2.45, 2.75) is 19.2 Å². The summed E-state index contributed by atoms with van der Waals surface area (Å²) in [7, 11) is 1.43. The molecule has 0 bridgehead atoms. The van der Waals surface area contributed by atoms with E-state index in [0.29, 0.717) is 10.2 Å². The number of amides is 1. The van der Waals surface area contributed by atoms with Gasteiger partial charge in [0.15, 0.2) is 11.5 Å². The smallest absolute Gasteiger partial charge is 0.377 e. The van der Waals surface area contributed by atoms with Crippen molar-refractivity contribution in [3.05, 3.63) is 70.8 Å². The fourth-order valence-corrected chi connectivity index (χ4v) is 3.72. The Morgan fingerprint density at radius 3 is 2.47 bits per heavy atom. The maximum Gasteiger partial charge on any atom is 0.434 e. The molecule has 3 heterocycles. The van der Waals surface area contributed by atoms with E-state index in [0.717, 1.165) is 4.80 Å². The lowest BCUT2D eigenvalue weighted by Crippen LogP contribution is -2.21. The van der Waals surface area contributed by atoms with Crippen molar-refractivity contribution in [2.75, 3.05) is 7.11 Å². The van der Waals surface area contributed by atoms with Crippen LogP contribution in [-0.4, -0.2) is 42.8 Å². The lowest BCUT2D eigenvalue weighted by atomic mass is 10.1. The van der Waals surface area contributed by atoms with Gasteiger partial charge in [0, 0.05) is 24.4 Å². The predicted octanol–water partition coefficient (Wildman–Crippen LogP) is 3.99. The molecule has 1 aromatic carbocycles. The molecule has 2 N–H and O–H groups in total. The number of rotatable bonds is 6. The number of methoxy groups -OCH3 is 1. The first-order chi connectivity index (χ1) is 16.1. The average molecular weight is 492 g/mol. The summed E-state index contributed by atoms with van der Waals surface area (Å²) in [6, 6.07) is 7.58. The van der Waals surface area contributed by atoms with E-state index in [-0.39, 0.29) is 27.8 Å². The Morgan fingerprint density at radius 1 is 1.21 bits per heavy atom. The number of carbonyl (C=O) groups excluding carboxylic acids is 1. The Kier molecular flexibility index (Phi) is 6.11. The molecular formula is C21H17ClF3N7O2. The van der Waals surface area contributed by atoms with Crippen molar-refractivity contribution in [3.63, 3.8) is 0 Å². The van der Waals surface area contributed by atoms with Gasteiger partial charge in [0.1, 0.15) is 5.69 Å². The molecule has 0 saturated carbocycles. The summed E-state index contributed by atoms with van der Waals surface area (Å²) in [5.41, 5.74) is 3.52. The largest absolute Gasteiger partial charge is 0.434 e. The molecule has 0 spiro atoms. The van der Waals surface area contributed by atoms with Crippen LogP contribution in [0.1, 0.15) is 34.6 Å². The Bertz CT molecular complexity index is 1350. The van der Waals surface area contributed by atoms with Crippen molar-refractivity contribution >= 4 is 17.5 Å². The Morgan fingerprint density at radius 2 is 1.88 bits per heavy atom. The summed E-state index contributed by atoms with van der Waals surface area (Å²) >= 11 is 6.29. The van der Waals surface area contributed by atoms with Gasteiger partial charge in [0.2, 0.25) is 0 Å². The molecule has 3 aromatic heterocycles. The van der Waals surface area contributed by atoms with Gasteiger partial charge in [-0.15, -0.1) is 4.80 Å². The second kappa shape index (κ2) is 8.88. The summed E-state index contributed by atoms with van der Waals surface area (Å²) < 4.78 is 48.8. The Hall–Kier alpha value is -3.77. The molecule has 0 saturated heterocycles. The highest BCUT2D eigenvalue weighted by Gasteiger charge is 2.43. The molecule has 34 heavy (non-hydrogen) atoms. The number of alkyl halides is 3. The van der Waals surface area contributed by atoms with E-state index in [9.17, 15) is 18.0 Å². The number of primary amides is 1. The molecule has 1 atom stereocenters. The number of hydrogen-bond acceptors (Lipinski definition) is 6. The summed E-state index contributed by atoms with van der Waals surface area (Å²) in [6.07, 6.45) is -1.48. The van der Waals surface area contributed by atoms with Crippen molar-refractivity contribution in [1.29, 1.82) is 0 Å². The van der Waals surface area contributed by atoms with Gasteiger partial charge in [0.05, 0.1) is 34.8 Å². The topological polar surface area (TPSA) is 114 Å². The number of hydrogen-bond donors (Lipinski definition) is 1. The number of ether oxygens (including phenoxy) is 1. The number of benzene rings is 1. The van der Waals surface area contributed by atoms with Crippen LogP contribution in [-0.2, 0) is 10.9 Å². The maximum atomic E-state index is 14.3. The first-order valence-corrected chi connectivity index (χ1v) is 10.2. The zero-order chi connectivity index (χ0) is 24.6. The summed E-state index contributed by atoms with van der Waals surface area (Å²) in [4.78, 5) is 17.6. The van der Waals surface area contributed by atoms with Gasteiger partial charge >= 0.3 is 6.18 Å². The normalized spacial score (nSPS) is 12.6. The summed E-state index contributed by atoms with van der Waals surface area (Å²) in [5, 5.41) is 12.0. The zero-order valence-electron chi connectivity index (χ0n) is 17.8. The van der Waals surface area contributed by atoms with E-state index < -0.39 is 29.4 Å². The second-order valence-electron chi connectivity index (χ2n) is 7.13. The fraction of sp³-hybridized carbons (Fsp3) is 0.190. The monoisotopic (exact) mass is 491 g/mol. The van der Waals surface area contributed by atoms with Gasteiger partial charge in [0.25, 0.3) is 5.91 Å². The first-order valence-electron chi connectivity index (χ1n) is 9.78. The van der Waals surface area contributed by atoms with E-state index in [4.69, 9.17) is 22.1 Å². The van der Waals surface area contributed by atoms with Gasteiger partial charge in [-0.05, 0) is 19.1 Å². The molecule has 1 amide bonds. The van der Waals surface area contributed by atoms with Gasteiger partial charge in [-0.3, -0.25) is 4.79 Å². The Balaban J connectivity index is 1.99. The number of pyridine rings is 1. The van der Waals surface area contributed by atoms with Crippen LogP contribution in [0.3, 0.4) is 0 Å². The van der Waals surface area contributed by atoms with Crippen LogP contribution in [0, 0.1) is 0 Å². The molecule has 4 aromatic rings. The number of carbonyl (C=O) groups is 1. The average Bonchev–Trinajstić information content (AvgIpc) is 3.46. The van der Waals surface area contributed by atoms with E-state index in [2.05, 4.69) is 20.3 Å². The quantitative estimate of drug-likeness (QED) is 0.436. The highest BCUT2D eigenvalue weighted by Crippen LogP contribution is 2.40. The van der Waals surface area contributed by atoms with E-state index in [1.165, 1.54) is 37.8 Å². The number of halogens is 4. The lowest BCUT2D eigenvalue weighted by molar-refractivity contribution is -0.143. The zero-order valence-corrected chi connectivity index (χ0v) is 18.5. The third-order valence-corrected chi connectivity index (χ3v) is 5.34. The van der Waals surface area contributed by atoms with Crippen LogP contribution in [0.4, 0.5) is 13.2 Å². The molecule has 176 valence electrons. The first kappa shape index (κ1) is 23.4. The highest BCUT2D eigenvalue weighted by molar-refractivity contribution is 6.32. The predicted molar refractivity (Wildman–Crippen MR) is 116 cm³/mol. The van der Waals surface area contributed by atoms with Crippen molar-refractivity contribution in [1.82, 2.24) is 29.8 Å². The molecule has 0 aliphatic carbocycles. The van der Waals surface area contributed by atoms with E-state index >= 15 is 0 Å². The maximum absolute atomic E-state index is 14.3. The molecular weight excluding hydrogens is 475 g/mol. The van der Waals surface area contributed by atoms with Gasteiger partial charge in [-0.1, -0.05) is 29.8 Å². The van der Waals surface area contributed by atoms with Crippen LogP contribution in [0.25, 0.3) is 22.8 Å². The van der Waals surface area contributed by atoms with Gasteiger partial charge in [-0.25, -0.2) is 9.67 Å². The number of para-hydroxylation sites is 1. The molecule has 0 aliphatic rings. The molecule has 0 aliphatic heterocycles.